The maximum Gasteiger partial charge on any atom is 0.335 e. The van der Waals surface area contributed by atoms with Gasteiger partial charge in [0.2, 0.25) is 0 Å². The van der Waals surface area contributed by atoms with Crippen molar-refractivity contribution in [3.05, 3.63) is 0 Å². The molecule has 5 nitrogen and oxygen atoms in total. The molecule has 0 bridgehead atoms. The molecule has 0 saturated heterocycles. The molecule has 12 heavy (non-hydrogen) atoms. The Kier molecular flexibility index (Phi) is 5.39. The van der Waals surface area contributed by atoms with Crippen molar-refractivity contribution in [3.63, 3.8) is 0 Å². The van der Waals surface area contributed by atoms with Crippen molar-refractivity contribution in [2.24, 2.45) is 0 Å². The van der Waals surface area contributed by atoms with E-state index in [0.29, 0.717) is 6.42 Å². The number of unbranched alkanes of at least 4 members (excludes halogenated alkanes) is 1. The molecule has 0 atom stereocenters. The Labute approximate surface area is 72.9 Å². The van der Waals surface area contributed by atoms with Crippen molar-refractivity contribution in [3.8, 4) is 0 Å². The number of aliphatic hydroxyl groups excluding tert-OH is 1. The first-order chi connectivity index (χ1) is 5.52. The average molecular weight is 197 g/mol. The van der Waals surface area contributed by atoms with Gasteiger partial charge in [-0.15, -0.1) is 0 Å². The standard InChI is InChI=1S/C6H15NO4S/c1-2-3-4-7(5-6-8)12(9,10)11/h8H,2-6H2,1H3,(H,9,10,11). The molecule has 0 saturated carbocycles. The predicted octanol–water partition coefficient (Wildman–Crippen LogP) is -0.116. The number of hydrogen-bond acceptors (Lipinski definition) is 3. The average Bonchev–Trinajstić information content (AvgIpc) is 1.95. The van der Waals surface area contributed by atoms with Gasteiger partial charge < -0.3 is 5.11 Å². The van der Waals surface area contributed by atoms with E-state index in [1.807, 2.05) is 6.92 Å². The normalized spacial score (nSPS) is 12.3. The molecule has 0 aromatic rings. The van der Waals surface area contributed by atoms with Crippen LogP contribution in [0.1, 0.15) is 19.8 Å². The van der Waals surface area contributed by atoms with Gasteiger partial charge in [-0.1, -0.05) is 13.3 Å². The fourth-order valence-electron chi connectivity index (χ4n) is 0.789. The highest BCUT2D eigenvalue weighted by molar-refractivity contribution is 7.83. The molecular weight excluding hydrogens is 182 g/mol. The van der Waals surface area contributed by atoms with Crippen LogP contribution in [-0.4, -0.2) is 42.1 Å². The fourth-order valence-corrected chi connectivity index (χ4v) is 1.46. The molecule has 0 fully saturated rings. The molecule has 0 unspecified atom stereocenters. The van der Waals surface area contributed by atoms with Crippen molar-refractivity contribution < 1.29 is 18.1 Å². The summed E-state index contributed by atoms with van der Waals surface area (Å²) in [5.74, 6) is 0. The summed E-state index contributed by atoms with van der Waals surface area (Å²) in [4.78, 5) is 0. The predicted molar refractivity (Wildman–Crippen MR) is 45.1 cm³/mol. The van der Waals surface area contributed by atoms with E-state index in [9.17, 15) is 8.42 Å². The van der Waals surface area contributed by atoms with E-state index in [1.54, 1.807) is 0 Å². The summed E-state index contributed by atoms with van der Waals surface area (Å²) in [6, 6.07) is 0. The molecule has 2 N–H and O–H groups in total. The number of rotatable bonds is 6. The number of hydrogen-bond donors (Lipinski definition) is 2. The number of nitrogens with zero attached hydrogens (tertiary/aromatic N) is 1. The van der Waals surface area contributed by atoms with Gasteiger partial charge in [0.05, 0.1) is 6.61 Å². The zero-order valence-corrected chi connectivity index (χ0v) is 7.92. The zero-order valence-electron chi connectivity index (χ0n) is 7.10. The van der Waals surface area contributed by atoms with Gasteiger partial charge in [0.15, 0.2) is 0 Å². The quantitative estimate of drug-likeness (QED) is 0.582. The summed E-state index contributed by atoms with van der Waals surface area (Å²) >= 11 is 0. The third-order valence-electron chi connectivity index (χ3n) is 1.44. The van der Waals surface area contributed by atoms with E-state index in [2.05, 4.69) is 0 Å². The van der Waals surface area contributed by atoms with Crippen LogP contribution in [0.25, 0.3) is 0 Å². The van der Waals surface area contributed by atoms with Crippen LogP contribution in [0.2, 0.25) is 0 Å². The molecular formula is C6H15NO4S. The van der Waals surface area contributed by atoms with Gasteiger partial charge in [0, 0.05) is 13.1 Å². The summed E-state index contributed by atoms with van der Waals surface area (Å²) in [5.41, 5.74) is 0. The first kappa shape index (κ1) is 11.8. The van der Waals surface area contributed by atoms with E-state index < -0.39 is 10.3 Å². The van der Waals surface area contributed by atoms with E-state index >= 15 is 0 Å². The van der Waals surface area contributed by atoms with Crippen LogP contribution < -0.4 is 0 Å². The van der Waals surface area contributed by atoms with E-state index in [-0.39, 0.29) is 19.7 Å². The Bertz CT molecular complexity index is 202. The topological polar surface area (TPSA) is 77.8 Å². The van der Waals surface area contributed by atoms with Gasteiger partial charge in [-0.25, -0.2) is 0 Å². The minimum atomic E-state index is -4.13. The molecule has 0 spiro atoms. The molecule has 0 amide bonds. The molecule has 0 aliphatic heterocycles. The summed E-state index contributed by atoms with van der Waals surface area (Å²) in [5, 5.41) is 8.48. The third-order valence-corrected chi connectivity index (χ3v) is 2.45. The molecule has 0 radical (unpaired) electrons. The molecule has 0 aliphatic carbocycles. The van der Waals surface area contributed by atoms with Crippen LogP contribution in [-0.2, 0) is 10.3 Å². The zero-order chi connectivity index (χ0) is 9.61. The number of aliphatic hydroxyl groups is 1. The third kappa shape index (κ3) is 4.66. The van der Waals surface area contributed by atoms with Gasteiger partial charge in [0.1, 0.15) is 0 Å². The van der Waals surface area contributed by atoms with E-state index in [0.717, 1.165) is 10.7 Å². The highest BCUT2D eigenvalue weighted by atomic mass is 32.2. The Morgan fingerprint density at radius 1 is 1.33 bits per heavy atom. The first-order valence-electron chi connectivity index (χ1n) is 3.85. The van der Waals surface area contributed by atoms with E-state index in [1.165, 1.54) is 0 Å². The second-order valence-electron chi connectivity index (χ2n) is 2.45. The molecule has 6 heteroatoms. The van der Waals surface area contributed by atoms with Crippen molar-refractivity contribution in [2.45, 2.75) is 19.8 Å². The maximum atomic E-state index is 10.6. The first-order valence-corrected chi connectivity index (χ1v) is 5.25. The highest BCUT2D eigenvalue weighted by Gasteiger charge is 2.16. The lowest BCUT2D eigenvalue weighted by Gasteiger charge is -2.16. The van der Waals surface area contributed by atoms with E-state index in [4.69, 9.17) is 9.66 Å². The lowest BCUT2D eigenvalue weighted by molar-refractivity contribution is 0.242. The van der Waals surface area contributed by atoms with Crippen LogP contribution >= 0.6 is 0 Å². The van der Waals surface area contributed by atoms with Crippen LogP contribution in [0.5, 0.6) is 0 Å². The summed E-state index contributed by atoms with van der Waals surface area (Å²) in [6.07, 6.45) is 1.53. The SMILES string of the molecule is CCCCN(CCO)S(=O)(=O)O. The molecule has 0 heterocycles. The van der Waals surface area contributed by atoms with Gasteiger partial charge in [0.25, 0.3) is 0 Å². The van der Waals surface area contributed by atoms with Crippen molar-refractivity contribution in [1.29, 1.82) is 0 Å². The van der Waals surface area contributed by atoms with Gasteiger partial charge >= 0.3 is 10.3 Å². The minimum absolute atomic E-state index is 0.0428. The second kappa shape index (κ2) is 5.47. The Balaban J connectivity index is 4.05. The van der Waals surface area contributed by atoms with Gasteiger partial charge in [-0.05, 0) is 6.42 Å². The van der Waals surface area contributed by atoms with Crippen LogP contribution in [0, 0.1) is 0 Å². The summed E-state index contributed by atoms with van der Waals surface area (Å²) in [7, 11) is -4.13. The molecule has 0 aromatic carbocycles. The Morgan fingerprint density at radius 2 is 1.92 bits per heavy atom. The Morgan fingerprint density at radius 3 is 2.25 bits per heavy atom. The lowest BCUT2D eigenvalue weighted by Crippen LogP contribution is -2.33. The summed E-state index contributed by atoms with van der Waals surface area (Å²) in [6.45, 7) is 1.86. The largest absolute Gasteiger partial charge is 0.395 e. The minimum Gasteiger partial charge on any atom is -0.395 e. The van der Waals surface area contributed by atoms with Gasteiger partial charge in [-0.3, -0.25) is 4.55 Å². The fraction of sp³-hybridized carbons (Fsp3) is 1.00. The Hall–Kier alpha value is -0.170. The van der Waals surface area contributed by atoms with Crippen molar-refractivity contribution in [1.82, 2.24) is 4.31 Å². The molecule has 0 aromatic heterocycles. The molecule has 74 valence electrons. The van der Waals surface area contributed by atoms with Crippen LogP contribution in [0.4, 0.5) is 0 Å². The smallest absolute Gasteiger partial charge is 0.335 e. The summed E-state index contributed by atoms with van der Waals surface area (Å²) < 4.78 is 30.7. The van der Waals surface area contributed by atoms with Crippen LogP contribution in [0.15, 0.2) is 0 Å². The highest BCUT2D eigenvalue weighted by Crippen LogP contribution is 1.99. The molecule has 0 aliphatic rings. The van der Waals surface area contributed by atoms with Crippen LogP contribution in [0.3, 0.4) is 0 Å². The monoisotopic (exact) mass is 197 g/mol. The van der Waals surface area contributed by atoms with Crippen molar-refractivity contribution >= 4 is 10.3 Å². The molecule has 0 rings (SSSR count). The van der Waals surface area contributed by atoms with Crippen molar-refractivity contribution in [2.75, 3.05) is 19.7 Å². The lowest BCUT2D eigenvalue weighted by atomic mass is 10.3. The second-order valence-corrected chi connectivity index (χ2v) is 3.87. The van der Waals surface area contributed by atoms with Gasteiger partial charge in [-0.2, -0.15) is 12.7 Å². The maximum absolute atomic E-state index is 10.6.